The Morgan fingerprint density at radius 3 is 0.917 bits per heavy atom. The standard InChI is InChI=1S/2C8H16N2.C5H11N.2C5H9N.C4H10O2.ClH2N.ClH.H3N/c1-2-6-10-8-4-3-7-9(10)5-1;1-2-6-9(5-1)10-7-3-4-8-10;1-6-4-2-3-5-6;2*1-2-4-6-5-3-1;5-3-1-2-4-6;1-2;;/h2*1-8H2;2-5H2,1H3;2*2,4,6H,1,3,5H2;5-6H,1-4H2;2H2;1H;1H3. The fraction of sp³-hybridized carbons (Fsp3) is 0.886. The van der Waals surface area contributed by atoms with E-state index in [2.05, 4.69) is 71.8 Å². The third-order valence-corrected chi connectivity index (χ3v) is 8.88. The summed E-state index contributed by atoms with van der Waals surface area (Å²) < 4.78 is 0. The van der Waals surface area contributed by atoms with Gasteiger partial charge in [0.05, 0.1) is 0 Å². The highest BCUT2D eigenvalue weighted by atomic mass is 35.5. The van der Waals surface area contributed by atoms with Crippen LogP contribution in [0.2, 0.25) is 0 Å². The van der Waals surface area contributed by atoms with Gasteiger partial charge in [-0.15, -0.1) is 12.4 Å². The van der Waals surface area contributed by atoms with E-state index in [0.29, 0.717) is 0 Å². The molecule has 48 heavy (non-hydrogen) atoms. The molecule has 7 rings (SSSR count). The van der Waals surface area contributed by atoms with Gasteiger partial charge in [-0.25, -0.2) is 25.3 Å². The second-order valence-electron chi connectivity index (χ2n) is 12.8. The number of aliphatic hydroxyl groups is 2. The molecule has 0 unspecified atom stereocenters. The number of nitrogens with one attached hydrogen (secondary N) is 2. The van der Waals surface area contributed by atoms with Crippen molar-refractivity contribution in [2.24, 2.45) is 5.25 Å². The van der Waals surface area contributed by atoms with E-state index in [1.54, 1.807) is 0 Å². The molecule has 0 aliphatic carbocycles. The summed E-state index contributed by atoms with van der Waals surface area (Å²) in [6, 6.07) is 0. The Morgan fingerprint density at radius 1 is 0.521 bits per heavy atom. The lowest BCUT2D eigenvalue weighted by Crippen LogP contribution is -2.50. The smallest absolute Gasteiger partial charge is 0.0431 e. The Labute approximate surface area is 306 Å². The number of hydrogen-bond donors (Lipinski definition) is 6. The number of hydrogen-bond acceptors (Lipinski definition) is 11. The summed E-state index contributed by atoms with van der Waals surface area (Å²) in [6.45, 7) is 15.9. The Morgan fingerprint density at radius 2 is 0.792 bits per heavy atom. The fourth-order valence-electron chi connectivity index (χ4n) is 6.18. The number of aliphatic hydroxyl groups excluding tert-OH is 2. The second kappa shape index (κ2) is 37.6. The number of rotatable bonds is 4. The Hall–Kier alpha value is -0.700. The van der Waals surface area contributed by atoms with Gasteiger partial charge in [-0.2, -0.15) is 0 Å². The van der Waals surface area contributed by atoms with E-state index in [1.165, 1.54) is 155 Å². The highest BCUT2D eigenvalue weighted by molar-refractivity contribution is 6.11. The highest BCUT2D eigenvalue weighted by Gasteiger charge is 2.22. The van der Waals surface area contributed by atoms with Crippen molar-refractivity contribution in [1.29, 1.82) is 0 Å². The van der Waals surface area contributed by atoms with Crippen LogP contribution in [-0.2, 0) is 0 Å². The number of fused-ring (bicyclic) bond motifs is 1. The van der Waals surface area contributed by atoms with E-state index in [1.807, 2.05) is 12.4 Å². The zero-order valence-electron chi connectivity index (χ0n) is 30.7. The lowest BCUT2D eigenvalue weighted by Gasteiger charge is -2.41. The van der Waals surface area contributed by atoms with Gasteiger partial charge in [0.2, 0.25) is 0 Å². The molecule has 5 saturated heterocycles. The summed E-state index contributed by atoms with van der Waals surface area (Å²) in [4.78, 5) is 2.36. The first kappa shape index (κ1) is 49.4. The van der Waals surface area contributed by atoms with E-state index in [-0.39, 0.29) is 31.8 Å². The van der Waals surface area contributed by atoms with Gasteiger partial charge in [-0.3, -0.25) is 0 Å². The van der Waals surface area contributed by atoms with Crippen LogP contribution in [0.3, 0.4) is 0 Å². The third kappa shape index (κ3) is 27.1. The molecule has 0 bridgehead atoms. The zero-order valence-corrected chi connectivity index (χ0v) is 32.3. The van der Waals surface area contributed by atoms with Crippen LogP contribution in [0.1, 0.15) is 103 Å². The molecule has 0 aromatic heterocycles. The van der Waals surface area contributed by atoms with Crippen LogP contribution in [0.5, 0.6) is 0 Å². The van der Waals surface area contributed by atoms with Crippen molar-refractivity contribution in [3.63, 3.8) is 0 Å². The first-order chi connectivity index (χ1) is 22.7. The van der Waals surface area contributed by atoms with Gasteiger partial charge in [-0.1, -0.05) is 12.2 Å². The SMILES string of the molecule is C1=CNCCC1.C1=CNCCC1.C1CCN(N2CCCC2)C1.C1CCN2CCCCN2C1.CN1CCCC1.Cl.N.NCl.OCCCCO. The van der Waals surface area contributed by atoms with Gasteiger partial charge in [0, 0.05) is 78.7 Å². The maximum Gasteiger partial charge on any atom is 0.0431 e. The lowest BCUT2D eigenvalue weighted by molar-refractivity contribution is -0.0722. The number of likely N-dealkylation sites (tertiary alicyclic amines) is 1. The number of hydrazine groups is 2. The number of halogens is 2. The van der Waals surface area contributed by atoms with Crippen molar-refractivity contribution >= 4 is 24.2 Å². The average Bonchev–Trinajstić information content (AvgIpc) is 3.96. The molecular weight excluding hydrogens is 649 g/mol. The zero-order chi connectivity index (χ0) is 33.3. The molecule has 5 fully saturated rings. The van der Waals surface area contributed by atoms with Gasteiger partial charge in [0.15, 0.2) is 0 Å². The maximum absolute atomic E-state index is 8.09. The molecule has 7 aliphatic rings. The van der Waals surface area contributed by atoms with Crippen molar-refractivity contribution in [3.8, 4) is 0 Å². The van der Waals surface area contributed by atoms with E-state index in [4.69, 9.17) is 10.2 Å². The van der Waals surface area contributed by atoms with Crippen LogP contribution < -0.4 is 22.0 Å². The molecule has 0 saturated carbocycles. The maximum atomic E-state index is 8.09. The Bertz CT molecular complexity index is 617. The Kier molecular flexibility index (Phi) is 38.7. The minimum Gasteiger partial charge on any atom is -0.396 e. The third-order valence-electron chi connectivity index (χ3n) is 8.88. The molecule has 7 aliphatic heterocycles. The van der Waals surface area contributed by atoms with Gasteiger partial charge in [0.1, 0.15) is 0 Å². The molecule has 7 heterocycles. The molecule has 0 aromatic carbocycles. The summed E-state index contributed by atoms with van der Waals surface area (Å²) in [5.41, 5.74) is 0. The van der Waals surface area contributed by atoms with Crippen molar-refractivity contribution < 1.29 is 10.2 Å². The van der Waals surface area contributed by atoms with Crippen LogP contribution in [0.25, 0.3) is 0 Å². The highest BCUT2D eigenvalue weighted by Crippen LogP contribution is 2.17. The minimum atomic E-state index is 0. The first-order valence-electron chi connectivity index (χ1n) is 18.6. The quantitative estimate of drug-likeness (QED) is 0.170. The second-order valence-corrected chi connectivity index (χ2v) is 12.8. The molecule has 0 radical (unpaired) electrons. The van der Waals surface area contributed by atoms with Gasteiger partial charge >= 0.3 is 0 Å². The minimum absolute atomic E-state index is 0. The molecule has 288 valence electrons. The van der Waals surface area contributed by atoms with Crippen LogP contribution in [0, 0.1) is 0 Å². The summed E-state index contributed by atoms with van der Waals surface area (Å²) in [5.74, 6) is 0. The normalized spacial score (nSPS) is 21.9. The molecule has 9 N–H and O–H groups in total. The Balaban J connectivity index is 0. The number of allylic oxidation sites excluding steroid dienone is 2. The predicted molar refractivity (Wildman–Crippen MR) is 208 cm³/mol. The lowest BCUT2D eigenvalue weighted by atomic mass is 10.2. The van der Waals surface area contributed by atoms with E-state index in [9.17, 15) is 0 Å². The summed E-state index contributed by atoms with van der Waals surface area (Å²) >= 11 is 4.14. The van der Waals surface area contributed by atoms with Crippen molar-refractivity contribution in [1.82, 2.24) is 41.7 Å². The largest absolute Gasteiger partial charge is 0.396 e. The molecule has 0 atom stereocenters. The van der Waals surface area contributed by atoms with Gasteiger partial charge in [0.25, 0.3) is 0 Å². The fourth-order valence-corrected chi connectivity index (χ4v) is 6.18. The number of nitrogens with zero attached hydrogens (tertiary/aromatic N) is 5. The molecular formula is C35H77Cl2N9O2. The monoisotopic (exact) mass is 726 g/mol. The number of nitrogens with two attached hydrogens (primary N) is 1. The van der Waals surface area contributed by atoms with Crippen molar-refractivity contribution in [2.75, 3.05) is 98.8 Å². The van der Waals surface area contributed by atoms with Crippen LogP contribution in [-0.4, -0.2) is 134 Å². The van der Waals surface area contributed by atoms with Crippen LogP contribution in [0.4, 0.5) is 0 Å². The van der Waals surface area contributed by atoms with Gasteiger partial charge < -0.3 is 31.9 Å². The predicted octanol–water partition coefficient (Wildman–Crippen LogP) is 5.10. The van der Waals surface area contributed by atoms with Crippen LogP contribution >= 0.6 is 24.2 Å². The van der Waals surface area contributed by atoms with Crippen LogP contribution in [0.15, 0.2) is 24.6 Å². The number of unbranched alkanes of at least 4 members (excludes halogenated alkanes) is 1. The van der Waals surface area contributed by atoms with Crippen molar-refractivity contribution in [2.45, 2.75) is 103 Å². The summed E-state index contributed by atoms with van der Waals surface area (Å²) in [6.07, 6.45) is 29.0. The van der Waals surface area contributed by atoms with Gasteiger partial charge in [-0.05, 0) is 147 Å². The van der Waals surface area contributed by atoms with E-state index >= 15 is 0 Å². The topological polar surface area (TPSA) is 142 Å². The average molecular weight is 727 g/mol. The van der Waals surface area contributed by atoms with Crippen molar-refractivity contribution in [3.05, 3.63) is 24.6 Å². The molecule has 0 aromatic rings. The van der Waals surface area contributed by atoms with E-state index in [0.717, 1.165) is 25.9 Å². The first-order valence-corrected chi connectivity index (χ1v) is 19.1. The van der Waals surface area contributed by atoms with E-state index < -0.39 is 0 Å². The molecule has 0 spiro atoms. The molecule has 13 heteroatoms. The summed E-state index contributed by atoms with van der Waals surface area (Å²) in [7, 11) is 2.17. The molecule has 11 nitrogen and oxygen atoms in total. The molecule has 0 amide bonds. The summed E-state index contributed by atoms with van der Waals surface area (Å²) in [5, 5.41) is 36.5.